The fraction of sp³-hybridized carbons (Fsp3) is 0.542. The van der Waals surface area contributed by atoms with Crippen LogP contribution in [0.25, 0.3) is 0 Å². The Morgan fingerprint density at radius 3 is 2.47 bits per heavy atom. The molecule has 1 saturated heterocycles. The molecular formula is C24H36N6O2. The fourth-order valence-electron chi connectivity index (χ4n) is 3.78. The van der Waals surface area contributed by atoms with E-state index in [1.54, 1.807) is 12.4 Å². The normalized spacial score (nSPS) is 15.9. The van der Waals surface area contributed by atoms with Gasteiger partial charge in [-0.15, -0.1) is 0 Å². The SMILES string of the molecule is CC/C=C(\CN1CCN(C)CC1)N(C)c1cc(C(=O)Cn2nccn2)ccc1OC(C)C. The Balaban J connectivity index is 1.86. The maximum absolute atomic E-state index is 12.9. The van der Waals surface area contributed by atoms with Crippen LogP contribution < -0.4 is 9.64 Å². The third-order valence-electron chi connectivity index (χ3n) is 5.61. The van der Waals surface area contributed by atoms with Gasteiger partial charge in [-0.3, -0.25) is 9.69 Å². The first-order valence-corrected chi connectivity index (χ1v) is 11.4. The first-order chi connectivity index (χ1) is 15.4. The van der Waals surface area contributed by atoms with Crippen LogP contribution in [0.3, 0.4) is 0 Å². The predicted octanol–water partition coefficient (Wildman–Crippen LogP) is 2.93. The van der Waals surface area contributed by atoms with Crippen LogP contribution >= 0.6 is 0 Å². The van der Waals surface area contributed by atoms with Gasteiger partial charge >= 0.3 is 0 Å². The summed E-state index contributed by atoms with van der Waals surface area (Å²) in [5.41, 5.74) is 2.73. The molecule has 0 saturated carbocycles. The number of carbonyl (C=O) groups excluding carboxylic acids is 1. The Labute approximate surface area is 191 Å². The van der Waals surface area contributed by atoms with Gasteiger partial charge in [0.05, 0.1) is 24.2 Å². The van der Waals surface area contributed by atoms with Crippen molar-refractivity contribution in [1.29, 1.82) is 0 Å². The Morgan fingerprint density at radius 2 is 1.84 bits per heavy atom. The minimum Gasteiger partial charge on any atom is -0.489 e. The van der Waals surface area contributed by atoms with Crippen LogP contribution in [-0.4, -0.2) is 83.5 Å². The third kappa shape index (κ3) is 6.40. The highest BCUT2D eigenvalue weighted by Crippen LogP contribution is 2.32. The average Bonchev–Trinajstić information content (AvgIpc) is 3.27. The molecule has 0 aliphatic carbocycles. The molecule has 1 aliphatic heterocycles. The molecule has 0 N–H and O–H groups in total. The standard InChI is InChI=1S/C24H36N6O2/c1-6-7-21(17-29-14-12-27(4)13-15-29)28(5)22-16-20(8-9-24(22)32-19(2)3)23(31)18-30-25-10-11-26-30/h7-11,16,19H,6,12-15,17-18H2,1-5H3/b21-7+. The van der Waals surface area contributed by atoms with E-state index in [0.29, 0.717) is 5.56 Å². The third-order valence-corrected chi connectivity index (χ3v) is 5.61. The van der Waals surface area contributed by atoms with Gasteiger partial charge in [-0.1, -0.05) is 13.0 Å². The van der Waals surface area contributed by atoms with Crippen molar-refractivity contribution in [3.8, 4) is 5.75 Å². The minimum atomic E-state index is -0.0352. The highest BCUT2D eigenvalue weighted by atomic mass is 16.5. The molecule has 1 aliphatic rings. The van der Waals surface area contributed by atoms with Crippen LogP contribution in [0, 0.1) is 0 Å². The van der Waals surface area contributed by atoms with E-state index in [2.05, 4.69) is 52.0 Å². The highest BCUT2D eigenvalue weighted by molar-refractivity contribution is 5.97. The fourth-order valence-corrected chi connectivity index (χ4v) is 3.78. The molecule has 3 rings (SSSR count). The topological polar surface area (TPSA) is 66.7 Å². The van der Waals surface area contributed by atoms with Crippen LogP contribution in [0.15, 0.2) is 42.4 Å². The molecule has 32 heavy (non-hydrogen) atoms. The van der Waals surface area contributed by atoms with E-state index in [0.717, 1.165) is 50.6 Å². The van der Waals surface area contributed by atoms with Crippen molar-refractivity contribution in [2.75, 3.05) is 51.7 Å². The summed E-state index contributed by atoms with van der Waals surface area (Å²) in [5.74, 6) is 0.740. The molecule has 8 heteroatoms. The number of anilines is 1. The molecule has 0 spiro atoms. The molecule has 0 bridgehead atoms. The van der Waals surface area contributed by atoms with E-state index in [4.69, 9.17) is 4.74 Å². The van der Waals surface area contributed by atoms with Crippen molar-refractivity contribution >= 4 is 11.5 Å². The smallest absolute Gasteiger partial charge is 0.186 e. The van der Waals surface area contributed by atoms with Crippen LogP contribution in [0.1, 0.15) is 37.6 Å². The Bertz CT molecular complexity index is 901. The minimum absolute atomic E-state index is 0.0352. The van der Waals surface area contributed by atoms with Crippen molar-refractivity contribution in [2.45, 2.75) is 39.8 Å². The molecule has 2 aromatic rings. The van der Waals surface area contributed by atoms with E-state index in [9.17, 15) is 4.79 Å². The molecule has 8 nitrogen and oxygen atoms in total. The van der Waals surface area contributed by atoms with E-state index in [1.165, 1.54) is 10.5 Å². The monoisotopic (exact) mass is 440 g/mol. The number of piperazine rings is 1. The number of rotatable bonds is 10. The van der Waals surface area contributed by atoms with Gasteiger partial charge in [-0.25, -0.2) is 0 Å². The molecule has 0 unspecified atom stereocenters. The van der Waals surface area contributed by atoms with Gasteiger partial charge in [0.1, 0.15) is 12.3 Å². The average molecular weight is 441 g/mol. The molecule has 1 aromatic carbocycles. The quantitative estimate of drug-likeness (QED) is 0.526. The molecule has 0 atom stereocenters. The number of likely N-dealkylation sites (N-methyl/N-ethyl adjacent to an activating group) is 2. The maximum Gasteiger partial charge on any atom is 0.186 e. The molecule has 0 amide bonds. The summed E-state index contributed by atoms with van der Waals surface area (Å²) in [6.45, 7) is 11.4. The van der Waals surface area contributed by atoms with Crippen molar-refractivity contribution in [3.63, 3.8) is 0 Å². The van der Waals surface area contributed by atoms with Crippen molar-refractivity contribution in [1.82, 2.24) is 24.8 Å². The number of hydrogen-bond acceptors (Lipinski definition) is 7. The second-order valence-electron chi connectivity index (χ2n) is 8.57. The van der Waals surface area contributed by atoms with Gasteiger partial charge in [-0.2, -0.15) is 15.0 Å². The first kappa shape index (κ1) is 23.9. The molecule has 174 valence electrons. The van der Waals surface area contributed by atoms with E-state index in [1.807, 2.05) is 32.0 Å². The summed E-state index contributed by atoms with van der Waals surface area (Å²) in [6, 6.07) is 5.65. The number of aromatic nitrogens is 3. The first-order valence-electron chi connectivity index (χ1n) is 11.4. The zero-order valence-corrected chi connectivity index (χ0v) is 20.0. The number of nitrogens with zero attached hydrogens (tertiary/aromatic N) is 6. The molecule has 2 heterocycles. The van der Waals surface area contributed by atoms with Gasteiger partial charge in [0.15, 0.2) is 5.78 Å². The van der Waals surface area contributed by atoms with Gasteiger partial charge in [-0.05, 0) is 45.5 Å². The van der Waals surface area contributed by atoms with Crippen LogP contribution in [-0.2, 0) is 6.54 Å². The Morgan fingerprint density at radius 1 is 1.16 bits per heavy atom. The number of allylic oxidation sites excluding steroid dienone is 1. The second-order valence-corrected chi connectivity index (χ2v) is 8.57. The van der Waals surface area contributed by atoms with Crippen molar-refractivity contribution < 1.29 is 9.53 Å². The number of carbonyl (C=O) groups is 1. The van der Waals surface area contributed by atoms with Gasteiger partial charge in [0.25, 0.3) is 0 Å². The van der Waals surface area contributed by atoms with Crippen molar-refractivity contribution in [3.05, 3.63) is 47.9 Å². The van der Waals surface area contributed by atoms with Crippen LogP contribution in [0.5, 0.6) is 5.75 Å². The summed E-state index contributed by atoms with van der Waals surface area (Å²) in [7, 11) is 4.23. The summed E-state index contributed by atoms with van der Waals surface area (Å²) in [5, 5.41) is 8.10. The largest absolute Gasteiger partial charge is 0.489 e. The molecule has 0 radical (unpaired) electrons. The summed E-state index contributed by atoms with van der Waals surface area (Å²) in [4.78, 5) is 21.3. The van der Waals surface area contributed by atoms with Crippen LogP contribution in [0.4, 0.5) is 5.69 Å². The number of hydrogen-bond donors (Lipinski definition) is 0. The molecule has 1 fully saturated rings. The lowest BCUT2D eigenvalue weighted by Gasteiger charge is -2.35. The lowest BCUT2D eigenvalue weighted by molar-refractivity contribution is 0.0962. The second kappa shape index (κ2) is 11.2. The molecular weight excluding hydrogens is 404 g/mol. The van der Waals surface area contributed by atoms with E-state index in [-0.39, 0.29) is 18.4 Å². The number of ether oxygens (including phenoxy) is 1. The summed E-state index contributed by atoms with van der Waals surface area (Å²) >= 11 is 0. The maximum atomic E-state index is 12.9. The zero-order valence-electron chi connectivity index (χ0n) is 20.0. The summed E-state index contributed by atoms with van der Waals surface area (Å²) in [6.07, 6.45) is 6.39. The number of Topliss-reactive ketones (excluding diaryl/α,β-unsaturated/α-hetero) is 1. The zero-order chi connectivity index (χ0) is 23.1. The van der Waals surface area contributed by atoms with Gasteiger partial charge in [0.2, 0.25) is 0 Å². The van der Waals surface area contributed by atoms with Gasteiger partial charge in [0, 0.05) is 51.0 Å². The van der Waals surface area contributed by atoms with Crippen LogP contribution in [0.2, 0.25) is 0 Å². The Hall–Kier alpha value is -2.71. The predicted molar refractivity (Wildman–Crippen MR) is 127 cm³/mol. The Kier molecular flexibility index (Phi) is 8.41. The molecule has 1 aromatic heterocycles. The lowest BCUT2D eigenvalue weighted by atomic mass is 10.1. The lowest BCUT2D eigenvalue weighted by Crippen LogP contribution is -2.46. The van der Waals surface area contributed by atoms with E-state index >= 15 is 0 Å². The van der Waals surface area contributed by atoms with Gasteiger partial charge < -0.3 is 14.5 Å². The summed E-state index contributed by atoms with van der Waals surface area (Å²) < 4.78 is 6.11. The van der Waals surface area contributed by atoms with Crippen molar-refractivity contribution in [2.24, 2.45) is 0 Å². The highest BCUT2D eigenvalue weighted by Gasteiger charge is 2.21. The van der Waals surface area contributed by atoms with E-state index < -0.39 is 0 Å². The number of ketones is 1. The number of benzene rings is 1.